The molecule has 1 amide bonds. The number of allylic oxidation sites excluding steroid dienone is 5. The van der Waals surface area contributed by atoms with Crippen LogP contribution in [0.15, 0.2) is 48.6 Å². The average Bonchev–Trinajstić information content (AvgIpc) is 3.21. The molecule has 35 heavy (non-hydrogen) atoms. The van der Waals surface area contributed by atoms with Gasteiger partial charge in [0.15, 0.2) is 0 Å². The summed E-state index contributed by atoms with van der Waals surface area (Å²) in [5.74, 6) is -0.848. The summed E-state index contributed by atoms with van der Waals surface area (Å²) >= 11 is 0. The highest BCUT2D eigenvalue weighted by atomic mass is 19.4. The molecule has 0 spiro atoms. The van der Waals surface area contributed by atoms with Crippen molar-refractivity contribution in [2.45, 2.75) is 71.9 Å². The van der Waals surface area contributed by atoms with Crippen LogP contribution in [0.1, 0.15) is 82.5 Å². The summed E-state index contributed by atoms with van der Waals surface area (Å²) in [4.78, 5) is 16.1. The molecule has 1 aromatic carbocycles. The fraction of sp³-hybridized carbons (Fsp3) is 0.483. The van der Waals surface area contributed by atoms with Gasteiger partial charge < -0.3 is 9.88 Å². The van der Waals surface area contributed by atoms with E-state index in [1.54, 1.807) is 0 Å². The molecule has 2 aromatic rings. The van der Waals surface area contributed by atoms with E-state index in [-0.39, 0.29) is 24.9 Å². The van der Waals surface area contributed by atoms with Crippen LogP contribution in [0.3, 0.4) is 0 Å². The summed E-state index contributed by atoms with van der Waals surface area (Å²) in [6, 6.07) is 6.33. The fourth-order valence-corrected chi connectivity index (χ4v) is 4.95. The Labute approximate surface area is 206 Å². The third-order valence-electron chi connectivity index (χ3n) is 7.30. The lowest BCUT2D eigenvalue weighted by Crippen LogP contribution is -2.45. The largest absolute Gasteiger partial charge is 0.471 e. The number of nitrogens with one attached hydrogen (secondary N) is 1. The second kappa shape index (κ2) is 10.9. The molecule has 1 atom stereocenters. The number of halogens is 3. The lowest BCUT2D eigenvalue weighted by molar-refractivity contribution is -0.186. The van der Waals surface area contributed by atoms with Crippen LogP contribution in [-0.4, -0.2) is 35.1 Å². The van der Waals surface area contributed by atoms with Crippen LogP contribution in [0.5, 0.6) is 0 Å². The van der Waals surface area contributed by atoms with Crippen LogP contribution >= 0.6 is 0 Å². The zero-order chi connectivity index (χ0) is 25.9. The lowest BCUT2D eigenvalue weighted by Gasteiger charge is -2.32. The molecule has 1 aliphatic heterocycles. The average molecular weight is 487 g/mol. The van der Waals surface area contributed by atoms with E-state index in [0.717, 1.165) is 39.1 Å². The number of benzene rings is 1. The number of hydrogen-bond donors (Lipinski definition) is 1. The number of amides is 1. The zero-order valence-electron chi connectivity index (χ0n) is 21.4. The molecule has 0 saturated carbocycles. The standard InChI is InChI=1S/C29H37F3N2O/c1-7-9-23(16-20(6)19(5)8-2)27-26(18(3)4)24-17-22(10-11-25(24)33-27)21-12-14-34(15-13-21)28(35)29(30,31)32/h7,9-11,16-19,21,33H,1,8,12-15H2,2-6H3/b20-16-,23-9+. The van der Waals surface area contributed by atoms with E-state index in [2.05, 4.69) is 70.5 Å². The molecule has 3 nitrogen and oxygen atoms in total. The van der Waals surface area contributed by atoms with Gasteiger partial charge in [0.25, 0.3) is 0 Å². The van der Waals surface area contributed by atoms with E-state index in [0.29, 0.717) is 18.8 Å². The molecule has 1 aliphatic rings. The van der Waals surface area contributed by atoms with Crippen LogP contribution in [-0.2, 0) is 4.79 Å². The lowest BCUT2D eigenvalue weighted by atomic mass is 9.87. The number of rotatable bonds is 7. The number of carbonyl (C=O) groups is 1. The molecule has 0 bridgehead atoms. The highest BCUT2D eigenvalue weighted by molar-refractivity contribution is 5.92. The topological polar surface area (TPSA) is 36.1 Å². The van der Waals surface area contributed by atoms with E-state index in [4.69, 9.17) is 0 Å². The van der Waals surface area contributed by atoms with Crippen LogP contribution < -0.4 is 0 Å². The van der Waals surface area contributed by atoms with E-state index < -0.39 is 12.1 Å². The summed E-state index contributed by atoms with van der Waals surface area (Å²) in [6.07, 6.45) is 3.41. The van der Waals surface area contributed by atoms with Crippen molar-refractivity contribution < 1.29 is 18.0 Å². The van der Waals surface area contributed by atoms with Crippen molar-refractivity contribution in [3.8, 4) is 0 Å². The fourth-order valence-electron chi connectivity index (χ4n) is 4.95. The summed E-state index contributed by atoms with van der Waals surface area (Å²) in [7, 11) is 0. The van der Waals surface area contributed by atoms with Crippen molar-refractivity contribution in [3.05, 3.63) is 65.4 Å². The van der Waals surface area contributed by atoms with Gasteiger partial charge in [-0.2, -0.15) is 13.2 Å². The highest BCUT2D eigenvalue weighted by Crippen LogP contribution is 2.38. The normalized spacial score (nSPS) is 17.3. The molecule has 2 heterocycles. The number of hydrogen-bond acceptors (Lipinski definition) is 1. The number of piperidine rings is 1. The molecule has 1 saturated heterocycles. The Morgan fingerprint density at radius 1 is 1.23 bits per heavy atom. The molecule has 1 N–H and O–H groups in total. The molecule has 1 fully saturated rings. The predicted octanol–water partition coefficient (Wildman–Crippen LogP) is 8.12. The van der Waals surface area contributed by atoms with Gasteiger partial charge in [0.2, 0.25) is 0 Å². The zero-order valence-corrected chi connectivity index (χ0v) is 21.4. The van der Waals surface area contributed by atoms with Gasteiger partial charge in [0.1, 0.15) is 0 Å². The maximum absolute atomic E-state index is 12.8. The van der Waals surface area contributed by atoms with Crippen LogP contribution in [0.2, 0.25) is 0 Å². The van der Waals surface area contributed by atoms with Gasteiger partial charge in [0.05, 0.1) is 0 Å². The molecule has 190 valence electrons. The van der Waals surface area contributed by atoms with Crippen molar-refractivity contribution in [1.82, 2.24) is 9.88 Å². The minimum Gasteiger partial charge on any atom is -0.354 e. The first-order valence-electron chi connectivity index (χ1n) is 12.5. The molecular formula is C29H37F3N2O. The first-order valence-corrected chi connectivity index (χ1v) is 12.5. The Morgan fingerprint density at radius 2 is 1.89 bits per heavy atom. The van der Waals surface area contributed by atoms with E-state index in [1.165, 1.54) is 11.1 Å². The number of alkyl halides is 3. The van der Waals surface area contributed by atoms with Crippen molar-refractivity contribution >= 4 is 22.4 Å². The van der Waals surface area contributed by atoms with Crippen LogP contribution in [0.25, 0.3) is 16.5 Å². The number of carbonyl (C=O) groups excluding carboxylic acids is 1. The Morgan fingerprint density at radius 3 is 2.43 bits per heavy atom. The molecule has 3 rings (SSSR count). The number of aromatic nitrogens is 1. The van der Waals surface area contributed by atoms with Crippen molar-refractivity contribution in [3.63, 3.8) is 0 Å². The van der Waals surface area contributed by atoms with Crippen molar-refractivity contribution in [2.24, 2.45) is 5.92 Å². The first-order chi connectivity index (χ1) is 16.5. The first kappa shape index (κ1) is 26.8. The Bertz CT molecular complexity index is 1130. The van der Waals surface area contributed by atoms with E-state index >= 15 is 0 Å². The van der Waals surface area contributed by atoms with E-state index in [1.807, 2.05) is 12.2 Å². The van der Waals surface area contributed by atoms with Gasteiger partial charge in [-0.3, -0.25) is 4.79 Å². The Kier molecular flexibility index (Phi) is 8.34. The minimum atomic E-state index is -4.81. The van der Waals surface area contributed by atoms with Gasteiger partial charge in [-0.1, -0.05) is 64.1 Å². The Balaban J connectivity index is 1.96. The molecule has 6 heteroatoms. The molecular weight excluding hydrogens is 449 g/mol. The number of likely N-dealkylation sites (tertiary alicyclic amines) is 1. The van der Waals surface area contributed by atoms with E-state index in [9.17, 15) is 18.0 Å². The van der Waals surface area contributed by atoms with Crippen molar-refractivity contribution in [2.75, 3.05) is 13.1 Å². The summed E-state index contributed by atoms with van der Waals surface area (Å²) < 4.78 is 38.4. The third kappa shape index (κ3) is 5.91. The third-order valence-corrected chi connectivity index (χ3v) is 7.30. The molecule has 1 aromatic heterocycles. The van der Waals surface area contributed by atoms with Crippen molar-refractivity contribution in [1.29, 1.82) is 0 Å². The maximum Gasteiger partial charge on any atom is 0.471 e. The summed E-state index contributed by atoms with van der Waals surface area (Å²) in [5, 5.41) is 1.14. The van der Waals surface area contributed by atoms with Crippen LogP contribution in [0, 0.1) is 5.92 Å². The quantitative estimate of drug-likeness (QED) is 0.394. The molecule has 0 radical (unpaired) electrons. The number of H-pyrrole nitrogens is 1. The predicted molar refractivity (Wildman–Crippen MR) is 138 cm³/mol. The van der Waals surface area contributed by atoms with Gasteiger partial charge in [-0.25, -0.2) is 0 Å². The second-order valence-electron chi connectivity index (χ2n) is 9.99. The number of nitrogens with zero attached hydrogens (tertiary/aromatic N) is 1. The monoisotopic (exact) mass is 486 g/mol. The van der Waals surface area contributed by atoms with Gasteiger partial charge in [-0.15, -0.1) is 0 Å². The molecule has 0 aliphatic carbocycles. The minimum absolute atomic E-state index is 0.127. The summed E-state index contributed by atoms with van der Waals surface area (Å²) in [5.41, 5.74) is 6.88. The van der Waals surface area contributed by atoms with Gasteiger partial charge in [0, 0.05) is 29.7 Å². The highest BCUT2D eigenvalue weighted by Gasteiger charge is 2.43. The number of aromatic amines is 1. The summed E-state index contributed by atoms with van der Waals surface area (Å²) in [6.45, 7) is 15.1. The van der Waals surface area contributed by atoms with Gasteiger partial charge in [-0.05, 0) is 72.8 Å². The smallest absolute Gasteiger partial charge is 0.354 e. The Hall–Kier alpha value is -2.76. The maximum atomic E-state index is 12.8. The second-order valence-corrected chi connectivity index (χ2v) is 9.99. The molecule has 1 unspecified atom stereocenters. The SMILES string of the molecule is C=C/C=C(\C=C(\C)C(C)CC)c1[nH]c2ccc(C3CCN(C(=O)C(F)(F)F)CC3)cc2c1C(C)C. The van der Waals surface area contributed by atoms with Gasteiger partial charge >= 0.3 is 12.1 Å². The van der Waals surface area contributed by atoms with Crippen LogP contribution in [0.4, 0.5) is 13.2 Å². The number of fused-ring (bicyclic) bond motifs is 1.